The molecule has 1 aromatic heterocycles. The summed E-state index contributed by atoms with van der Waals surface area (Å²) in [6.45, 7) is 0.870. The van der Waals surface area contributed by atoms with Crippen LogP contribution in [0.3, 0.4) is 0 Å². The number of aliphatic hydroxyl groups is 1. The van der Waals surface area contributed by atoms with Gasteiger partial charge in [-0.05, 0) is 24.3 Å². The van der Waals surface area contributed by atoms with Crippen LogP contribution in [0.5, 0.6) is 5.75 Å². The topological polar surface area (TPSA) is 64.4 Å². The van der Waals surface area contributed by atoms with Crippen molar-refractivity contribution in [3.05, 3.63) is 58.8 Å². The van der Waals surface area contributed by atoms with Gasteiger partial charge in [-0.15, -0.1) is 0 Å². The fraction of sp³-hybridized carbons (Fsp3) is 0.250. The Morgan fingerprint density at radius 3 is 3.05 bits per heavy atom. The van der Waals surface area contributed by atoms with Crippen molar-refractivity contribution in [2.24, 2.45) is 0 Å². The molecule has 1 aromatic carbocycles. The number of ether oxygens (including phenoxy) is 1. The first-order valence-corrected chi connectivity index (χ1v) is 6.63. The molecule has 5 heteroatoms. The van der Waals surface area contributed by atoms with Crippen molar-refractivity contribution < 1.29 is 9.84 Å². The second-order valence-corrected chi connectivity index (χ2v) is 4.25. The number of hydrogen-bond donors (Lipinski definition) is 1. The van der Waals surface area contributed by atoms with Gasteiger partial charge in [0.15, 0.2) is 0 Å². The fourth-order valence-corrected chi connectivity index (χ4v) is 1.70. The summed E-state index contributed by atoms with van der Waals surface area (Å²) in [4.78, 5) is 15.1. The summed E-state index contributed by atoms with van der Waals surface area (Å²) in [6.07, 6.45) is 3.60. The van der Waals surface area contributed by atoms with E-state index in [1.54, 1.807) is 12.3 Å². The van der Waals surface area contributed by atoms with Gasteiger partial charge in [0.1, 0.15) is 12.4 Å². The number of aromatic nitrogens is 2. The second kappa shape index (κ2) is 7.88. The molecule has 108 valence electrons. The molecule has 0 fully saturated rings. The normalized spacial score (nSPS) is 9.76. The fourth-order valence-electron chi connectivity index (χ4n) is 1.70. The van der Waals surface area contributed by atoms with Crippen molar-refractivity contribution in [1.29, 1.82) is 0 Å². The Hall–Kier alpha value is -2.58. The molecule has 5 nitrogen and oxygen atoms in total. The first-order valence-electron chi connectivity index (χ1n) is 6.63. The van der Waals surface area contributed by atoms with Crippen LogP contribution >= 0.6 is 0 Å². The quantitative estimate of drug-likeness (QED) is 0.834. The van der Waals surface area contributed by atoms with Gasteiger partial charge in [0.25, 0.3) is 0 Å². The number of rotatable bonds is 5. The lowest BCUT2D eigenvalue weighted by Gasteiger charge is -2.07. The molecule has 0 spiro atoms. The van der Waals surface area contributed by atoms with Crippen molar-refractivity contribution in [2.75, 3.05) is 13.2 Å². The van der Waals surface area contributed by atoms with E-state index in [4.69, 9.17) is 9.84 Å². The zero-order chi connectivity index (χ0) is 14.9. The number of benzene rings is 1. The smallest absolute Gasteiger partial charge is 0.347 e. The lowest BCUT2D eigenvalue weighted by atomic mass is 10.2. The molecule has 0 amide bonds. The lowest BCUT2D eigenvalue weighted by molar-refractivity contribution is 0.295. The summed E-state index contributed by atoms with van der Waals surface area (Å²) in [5, 5.41) is 8.69. The van der Waals surface area contributed by atoms with E-state index < -0.39 is 0 Å². The van der Waals surface area contributed by atoms with E-state index in [0.29, 0.717) is 25.3 Å². The minimum Gasteiger partial charge on any atom is -0.492 e. The molecule has 2 rings (SSSR count). The summed E-state index contributed by atoms with van der Waals surface area (Å²) in [5.41, 5.74) is 0.546. The molecule has 0 unspecified atom stereocenters. The lowest BCUT2D eigenvalue weighted by Crippen LogP contribution is -2.24. The molecule has 0 saturated carbocycles. The van der Waals surface area contributed by atoms with E-state index in [0.717, 1.165) is 5.56 Å². The summed E-state index contributed by atoms with van der Waals surface area (Å²) in [5.74, 6) is 6.50. The van der Waals surface area contributed by atoms with E-state index in [-0.39, 0.29) is 12.3 Å². The predicted molar refractivity (Wildman–Crippen MR) is 79.0 cm³/mol. The van der Waals surface area contributed by atoms with Crippen LogP contribution in [0, 0.1) is 11.8 Å². The van der Waals surface area contributed by atoms with E-state index in [2.05, 4.69) is 16.8 Å². The van der Waals surface area contributed by atoms with E-state index in [1.165, 1.54) is 10.8 Å². The van der Waals surface area contributed by atoms with Gasteiger partial charge in [-0.25, -0.2) is 9.78 Å². The number of aliphatic hydroxyl groups excluding tert-OH is 1. The van der Waals surface area contributed by atoms with Crippen LogP contribution < -0.4 is 10.4 Å². The summed E-state index contributed by atoms with van der Waals surface area (Å²) < 4.78 is 7.10. The third-order valence-electron chi connectivity index (χ3n) is 2.69. The third kappa shape index (κ3) is 4.79. The van der Waals surface area contributed by atoms with Crippen molar-refractivity contribution in [1.82, 2.24) is 9.55 Å². The van der Waals surface area contributed by atoms with Crippen LogP contribution in [0.4, 0.5) is 0 Å². The van der Waals surface area contributed by atoms with Gasteiger partial charge in [-0.3, -0.25) is 4.57 Å². The van der Waals surface area contributed by atoms with Crippen LogP contribution in [0.1, 0.15) is 12.0 Å². The van der Waals surface area contributed by atoms with Crippen LogP contribution in [-0.2, 0) is 6.54 Å². The molecular weight excluding hydrogens is 268 g/mol. The molecule has 21 heavy (non-hydrogen) atoms. The molecule has 2 aromatic rings. The average Bonchev–Trinajstić information content (AvgIpc) is 2.50. The third-order valence-corrected chi connectivity index (χ3v) is 2.69. The average molecular weight is 284 g/mol. The van der Waals surface area contributed by atoms with E-state index in [9.17, 15) is 4.79 Å². The molecule has 0 aliphatic heterocycles. The van der Waals surface area contributed by atoms with Crippen molar-refractivity contribution >= 4 is 0 Å². The standard InChI is InChI=1S/C16H16N2O3/c19-11-2-1-5-14-6-3-7-15(13-14)21-12-10-18-9-4-8-17-16(18)20/h3-4,6-9,13,19H,2,10-12H2. The van der Waals surface area contributed by atoms with Crippen LogP contribution in [0.25, 0.3) is 0 Å². The van der Waals surface area contributed by atoms with Gasteiger partial charge < -0.3 is 9.84 Å². The highest BCUT2D eigenvalue weighted by atomic mass is 16.5. The minimum absolute atomic E-state index is 0.0586. The van der Waals surface area contributed by atoms with Gasteiger partial charge in [0.2, 0.25) is 0 Å². The summed E-state index contributed by atoms with van der Waals surface area (Å²) in [6, 6.07) is 9.11. The highest BCUT2D eigenvalue weighted by Gasteiger charge is 1.98. The first kappa shape index (κ1) is 14.8. The number of nitrogens with zero attached hydrogens (tertiary/aromatic N) is 2. The highest BCUT2D eigenvalue weighted by Crippen LogP contribution is 2.12. The molecule has 1 heterocycles. The Kier molecular flexibility index (Phi) is 5.56. The maximum atomic E-state index is 11.4. The molecule has 0 aliphatic carbocycles. The Bertz CT molecular complexity index is 698. The molecule has 0 aliphatic rings. The minimum atomic E-state index is -0.287. The zero-order valence-electron chi connectivity index (χ0n) is 11.5. The predicted octanol–water partition coefficient (Wildman–Crippen LogP) is 1.06. The summed E-state index contributed by atoms with van der Waals surface area (Å²) in [7, 11) is 0. The van der Waals surface area contributed by atoms with Gasteiger partial charge in [0, 0.05) is 24.4 Å². The SMILES string of the molecule is O=c1ncccn1CCOc1cccc(C#CCCO)c1. The Morgan fingerprint density at radius 2 is 2.24 bits per heavy atom. The molecule has 0 atom stereocenters. The Morgan fingerprint density at radius 1 is 1.33 bits per heavy atom. The number of hydrogen-bond acceptors (Lipinski definition) is 4. The van der Waals surface area contributed by atoms with Crippen molar-refractivity contribution in [3.63, 3.8) is 0 Å². The monoisotopic (exact) mass is 284 g/mol. The van der Waals surface area contributed by atoms with E-state index >= 15 is 0 Å². The first-order chi connectivity index (χ1) is 10.3. The van der Waals surface area contributed by atoms with Gasteiger partial charge in [-0.2, -0.15) is 0 Å². The highest BCUT2D eigenvalue weighted by molar-refractivity contribution is 5.39. The van der Waals surface area contributed by atoms with Crippen LogP contribution in [0.15, 0.2) is 47.5 Å². The van der Waals surface area contributed by atoms with Gasteiger partial charge in [0.05, 0.1) is 13.2 Å². The second-order valence-electron chi connectivity index (χ2n) is 4.25. The molecule has 0 bridgehead atoms. The zero-order valence-corrected chi connectivity index (χ0v) is 11.5. The van der Waals surface area contributed by atoms with Gasteiger partial charge >= 0.3 is 5.69 Å². The van der Waals surface area contributed by atoms with Crippen molar-refractivity contribution in [2.45, 2.75) is 13.0 Å². The van der Waals surface area contributed by atoms with Crippen LogP contribution in [0.2, 0.25) is 0 Å². The molecular formula is C16H16N2O3. The largest absolute Gasteiger partial charge is 0.492 e. The van der Waals surface area contributed by atoms with E-state index in [1.807, 2.05) is 24.3 Å². The maximum Gasteiger partial charge on any atom is 0.347 e. The van der Waals surface area contributed by atoms with Gasteiger partial charge in [-0.1, -0.05) is 17.9 Å². The molecule has 1 N–H and O–H groups in total. The van der Waals surface area contributed by atoms with Crippen molar-refractivity contribution in [3.8, 4) is 17.6 Å². The van der Waals surface area contributed by atoms with Crippen LogP contribution in [-0.4, -0.2) is 27.9 Å². The Balaban J connectivity index is 1.92. The Labute approximate surface area is 122 Å². The molecule has 0 saturated heterocycles. The maximum absolute atomic E-state index is 11.4. The molecule has 0 radical (unpaired) electrons. The summed E-state index contributed by atoms with van der Waals surface area (Å²) >= 11 is 0.